The van der Waals surface area contributed by atoms with Gasteiger partial charge in [0.2, 0.25) is 0 Å². The first-order valence-electron chi connectivity index (χ1n) is 8.94. The van der Waals surface area contributed by atoms with Gasteiger partial charge >= 0.3 is 0 Å². The van der Waals surface area contributed by atoms with Crippen LogP contribution >= 0.6 is 0 Å². The average molecular weight is 292 g/mol. The van der Waals surface area contributed by atoms with Crippen LogP contribution in [0.25, 0.3) is 0 Å². The highest BCUT2D eigenvalue weighted by atomic mass is 16.6. The fraction of sp³-hybridized carbons (Fsp3) is 0.833. The second-order valence-electron chi connectivity index (χ2n) is 6.32. The smallest absolute Gasteiger partial charge is 0.114 e. The van der Waals surface area contributed by atoms with Crippen LogP contribution in [0.4, 0.5) is 0 Å². The normalized spacial score (nSPS) is 24.6. The molecule has 0 saturated carbocycles. The van der Waals surface area contributed by atoms with Gasteiger partial charge < -0.3 is 9.74 Å². The van der Waals surface area contributed by atoms with Crippen molar-refractivity contribution in [2.45, 2.75) is 78.2 Å². The van der Waals surface area contributed by atoms with Crippen LogP contribution < -0.4 is 0 Å². The zero-order valence-electron chi connectivity index (χ0n) is 14.2. The molecule has 0 aliphatic heterocycles. The first kappa shape index (κ1) is 16.5. The summed E-state index contributed by atoms with van der Waals surface area (Å²) < 4.78 is 0. The van der Waals surface area contributed by atoms with Crippen LogP contribution in [-0.2, 0) is 4.84 Å². The fourth-order valence-corrected chi connectivity index (χ4v) is 3.83. The van der Waals surface area contributed by atoms with E-state index in [1.54, 1.807) is 11.1 Å². The summed E-state index contributed by atoms with van der Waals surface area (Å²) in [6.45, 7) is 9.78. The minimum atomic E-state index is 0.676. The van der Waals surface area contributed by atoms with E-state index in [0.717, 1.165) is 12.5 Å². The highest BCUT2D eigenvalue weighted by Crippen LogP contribution is 2.36. The molecule has 2 aliphatic rings. The molecule has 2 rings (SSSR count). The van der Waals surface area contributed by atoms with Crippen molar-refractivity contribution in [1.82, 2.24) is 4.90 Å². The van der Waals surface area contributed by atoms with Crippen molar-refractivity contribution in [2.24, 2.45) is 5.16 Å². The molecule has 0 N–H and O–H groups in total. The third kappa shape index (κ3) is 4.32. The summed E-state index contributed by atoms with van der Waals surface area (Å²) in [5.41, 5.74) is 4.46. The van der Waals surface area contributed by atoms with E-state index in [1.165, 1.54) is 63.7 Å². The summed E-state index contributed by atoms with van der Waals surface area (Å²) in [6, 6.07) is 0.759. The summed E-state index contributed by atoms with van der Waals surface area (Å²) in [6.07, 6.45) is 9.93. The second-order valence-corrected chi connectivity index (χ2v) is 6.32. The lowest BCUT2D eigenvalue weighted by Gasteiger charge is -2.37. The molecule has 2 aliphatic carbocycles. The van der Waals surface area contributed by atoms with Crippen molar-refractivity contribution in [3.63, 3.8) is 0 Å². The molecule has 0 aromatic heterocycles. The van der Waals surface area contributed by atoms with Crippen LogP contribution in [0.2, 0.25) is 0 Å². The highest BCUT2D eigenvalue weighted by Gasteiger charge is 2.29. The van der Waals surface area contributed by atoms with Gasteiger partial charge in [0.15, 0.2) is 0 Å². The summed E-state index contributed by atoms with van der Waals surface area (Å²) in [5, 5.41) is 4.37. The molecule has 0 heterocycles. The van der Waals surface area contributed by atoms with Gasteiger partial charge in [-0.1, -0.05) is 24.6 Å². The molecule has 0 bridgehead atoms. The van der Waals surface area contributed by atoms with Crippen LogP contribution in [0.5, 0.6) is 0 Å². The molecule has 3 heteroatoms. The summed E-state index contributed by atoms with van der Waals surface area (Å²) in [5.74, 6) is 0. The summed E-state index contributed by atoms with van der Waals surface area (Å²) in [4.78, 5) is 8.04. The van der Waals surface area contributed by atoms with Gasteiger partial charge in [-0.3, -0.25) is 0 Å². The summed E-state index contributed by atoms with van der Waals surface area (Å²) >= 11 is 0. The Kier molecular flexibility index (Phi) is 6.75. The number of hydrogen-bond acceptors (Lipinski definition) is 3. The van der Waals surface area contributed by atoms with Gasteiger partial charge in [0.1, 0.15) is 6.61 Å². The van der Waals surface area contributed by atoms with E-state index in [-0.39, 0.29) is 0 Å². The minimum absolute atomic E-state index is 0.676. The second kappa shape index (κ2) is 8.57. The molecule has 0 fully saturated rings. The molecular weight excluding hydrogens is 260 g/mol. The molecule has 0 spiro atoms. The maximum Gasteiger partial charge on any atom is 0.114 e. The van der Waals surface area contributed by atoms with Crippen molar-refractivity contribution in [2.75, 3.05) is 19.7 Å². The van der Waals surface area contributed by atoms with Crippen LogP contribution in [0.1, 0.15) is 72.1 Å². The van der Waals surface area contributed by atoms with Crippen molar-refractivity contribution in [1.29, 1.82) is 0 Å². The van der Waals surface area contributed by atoms with Gasteiger partial charge in [0, 0.05) is 6.04 Å². The minimum Gasteiger partial charge on any atom is -0.396 e. The van der Waals surface area contributed by atoms with Crippen LogP contribution in [0.15, 0.2) is 16.3 Å². The van der Waals surface area contributed by atoms with Gasteiger partial charge in [-0.15, -0.1) is 0 Å². The lowest BCUT2D eigenvalue weighted by atomic mass is 9.78. The molecule has 1 unspecified atom stereocenters. The topological polar surface area (TPSA) is 24.8 Å². The highest BCUT2D eigenvalue weighted by molar-refractivity contribution is 6.01. The van der Waals surface area contributed by atoms with Crippen LogP contribution in [0, 0.1) is 0 Å². The monoisotopic (exact) mass is 292 g/mol. The predicted molar refractivity (Wildman–Crippen MR) is 89.7 cm³/mol. The van der Waals surface area contributed by atoms with E-state index in [2.05, 4.69) is 23.9 Å². The zero-order chi connectivity index (χ0) is 15.1. The molecule has 0 aromatic carbocycles. The number of rotatable bonds is 7. The Morgan fingerprint density at radius 2 is 1.86 bits per heavy atom. The van der Waals surface area contributed by atoms with Gasteiger partial charge in [-0.2, -0.15) is 0 Å². The number of nitrogens with zero attached hydrogens (tertiary/aromatic N) is 2. The van der Waals surface area contributed by atoms with E-state index in [4.69, 9.17) is 4.84 Å². The Bertz CT molecular complexity index is 381. The number of allylic oxidation sites excluding steroid dienone is 1. The first-order valence-corrected chi connectivity index (χ1v) is 8.94. The third-order valence-electron chi connectivity index (χ3n) is 4.72. The van der Waals surface area contributed by atoms with Crippen molar-refractivity contribution in [3.05, 3.63) is 11.1 Å². The number of hydrogen-bond donors (Lipinski definition) is 0. The van der Waals surface area contributed by atoms with E-state index < -0.39 is 0 Å². The Balaban J connectivity index is 2.07. The average Bonchev–Trinajstić information content (AvgIpc) is 2.52. The molecule has 120 valence electrons. The van der Waals surface area contributed by atoms with Gasteiger partial charge in [0.05, 0.1) is 5.71 Å². The molecule has 0 saturated heterocycles. The van der Waals surface area contributed by atoms with Crippen LogP contribution in [-0.4, -0.2) is 36.3 Å². The Morgan fingerprint density at radius 1 is 1.10 bits per heavy atom. The number of oxime groups is 1. The quantitative estimate of drug-likeness (QED) is 0.644. The van der Waals surface area contributed by atoms with E-state index >= 15 is 0 Å². The largest absolute Gasteiger partial charge is 0.396 e. The van der Waals surface area contributed by atoms with E-state index in [9.17, 15) is 0 Å². The van der Waals surface area contributed by atoms with Crippen molar-refractivity contribution in [3.8, 4) is 0 Å². The maximum atomic E-state index is 5.32. The van der Waals surface area contributed by atoms with Crippen molar-refractivity contribution >= 4 is 5.71 Å². The van der Waals surface area contributed by atoms with E-state index in [0.29, 0.717) is 6.61 Å². The standard InChI is InChI=1S/C18H32N2O/c1-4-12-20(13-5-2)16-10-11-17-15(14-16)8-7-9-18(17)19-21-6-3/h16H,4-14H2,1-3H3/b19-18+. The molecule has 21 heavy (non-hydrogen) atoms. The first-order chi connectivity index (χ1) is 10.3. The Hall–Kier alpha value is -0.830. The van der Waals surface area contributed by atoms with Gasteiger partial charge in [-0.05, 0) is 77.0 Å². The summed E-state index contributed by atoms with van der Waals surface area (Å²) in [7, 11) is 0. The van der Waals surface area contributed by atoms with Gasteiger partial charge in [-0.25, -0.2) is 0 Å². The van der Waals surface area contributed by atoms with Gasteiger partial charge in [0.25, 0.3) is 0 Å². The SMILES string of the molecule is CCCN(CCC)C1CCC2=C(CCC/C2=N\OCC)C1. The molecular formula is C18H32N2O. The third-order valence-corrected chi connectivity index (χ3v) is 4.72. The fourth-order valence-electron chi connectivity index (χ4n) is 3.83. The van der Waals surface area contributed by atoms with Crippen LogP contribution in [0.3, 0.4) is 0 Å². The lowest BCUT2D eigenvalue weighted by molar-refractivity contribution is 0.157. The maximum absolute atomic E-state index is 5.32. The predicted octanol–water partition coefficient (Wildman–Crippen LogP) is 4.53. The molecule has 0 amide bonds. The lowest BCUT2D eigenvalue weighted by Crippen LogP contribution is -2.39. The molecule has 0 radical (unpaired) electrons. The molecule has 1 atom stereocenters. The molecule has 3 nitrogen and oxygen atoms in total. The Labute approximate surface area is 130 Å². The van der Waals surface area contributed by atoms with Crippen molar-refractivity contribution < 1.29 is 4.84 Å². The Morgan fingerprint density at radius 3 is 2.52 bits per heavy atom. The van der Waals surface area contributed by atoms with E-state index in [1.807, 2.05) is 6.92 Å². The zero-order valence-corrected chi connectivity index (χ0v) is 14.2. The molecule has 0 aromatic rings.